The van der Waals surface area contributed by atoms with E-state index >= 15 is 0 Å². The molecule has 0 rings (SSSR count). The van der Waals surface area contributed by atoms with Crippen LogP contribution in [0.3, 0.4) is 0 Å². The third-order valence-electron chi connectivity index (χ3n) is 0.896. The first-order chi connectivity index (χ1) is 5.83. The average Bonchev–Trinajstić information content (AvgIpc) is 1.98. The molecule has 0 heterocycles. The third kappa shape index (κ3) is 7.52. The fourth-order valence-electron chi connectivity index (χ4n) is 0.419. The van der Waals surface area contributed by atoms with Gasteiger partial charge < -0.3 is 9.05 Å². The van der Waals surface area contributed by atoms with Crippen LogP contribution in [0, 0.1) is 0 Å². The molecule has 0 fully saturated rings. The number of oxime groups is 2. The first-order valence-corrected chi connectivity index (χ1v) is 7.04. The summed E-state index contributed by atoms with van der Waals surface area (Å²) in [5.41, 5.74) is 1.75. The summed E-state index contributed by atoms with van der Waals surface area (Å²) in [6.45, 7) is 11.3. The highest BCUT2D eigenvalue weighted by molar-refractivity contribution is 6.64. The second-order valence-electron chi connectivity index (χ2n) is 3.66. The standard InChI is InChI=1S/C8H18N2O2Si/c1-7(2)9-11-13(5,6)12-10-8(3)4/h1-6H3. The average molecular weight is 202 g/mol. The maximum atomic E-state index is 5.24. The minimum Gasteiger partial charge on any atom is -0.408 e. The van der Waals surface area contributed by atoms with Gasteiger partial charge in [0.2, 0.25) is 0 Å². The lowest BCUT2D eigenvalue weighted by Crippen LogP contribution is -2.31. The van der Waals surface area contributed by atoms with Crippen LogP contribution in [0.4, 0.5) is 0 Å². The van der Waals surface area contributed by atoms with E-state index in [0.29, 0.717) is 0 Å². The molecule has 76 valence electrons. The molecule has 0 saturated heterocycles. The topological polar surface area (TPSA) is 43.2 Å². The van der Waals surface area contributed by atoms with Crippen molar-refractivity contribution in [3.05, 3.63) is 0 Å². The van der Waals surface area contributed by atoms with Crippen LogP contribution in [0.25, 0.3) is 0 Å². The highest BCUT2D eigenvalue weighted by Crippen LogP contribution is 2.07. The van der Waals surface area contributed by atoms with E-state index in [1.165, 1.54) is 0 Å². The van der Waals surface area contributed by atoms with Crippen molar-refractivity contribution >= 4 is 20.0 Å². The smallest absolute Gasteiger partial charge is 0.408 e. The molecule has 0 radical (unpaired) electrons. The maximum absolute atomic E-state index is 5.24. The summed E-state index contributed by atoms with van der Waals surface area (Å²) >= 11 is 0. The first kappa shape index (κ1) is 12.2. The molecule has 0 saturated carbocycles. The van der Waals surface area contributed by atoms with Crippen LogP contribution in [-0.2, 0) is 9.05 Å². The van der Waals surface area contributed by atoms with Gasteiger partial charge in [-0.2, -0.15) is 0 Å². The molecule has 0 spiro atoms. The first-order valence-electron chi connectivity index (χ1n) is 4.22. The van der Waals surface area contributed by atoms with Crippen molar-refractivity contribution in [2.45, 2.75) is 40.8 Å². The van der Waals surface area contributed by atoms with Gasteiger partial charge in [0, 0.05) is 24.5 Å². The van der Waals surface area contributed by atoms with E-state index in [0.717, 1.165) is 11.4 Å². The Balaban J connectivity index is 4.09. The van der Waals surface area contributed by atoms with Crippen LogP contribution in [0.15, 0.2) is 10.3 Å². The van der Waals surface area contributed by atoms with E-state index < -0.39 is 8.56 Å². The van der Waals surface area contributed by atoms with Crippen molar-refractivity contribution in [2.75, 3.05) is 0 Å². The minimum atomic E-state index is -2.20. The summed E-state index contributed by atoms with van der Waals surface area (Å²) in [4.78, 5) is 0. The molecule has 4 nitrogen and oxygen atoms in total. The summed E-state index contributed by atoms with van der Waals surface area (Å²) in [6.07, 6.45) is 0. The van der Waals surface area contributed by atoms with E-state index in [4.69, 9.17) is 9.05 Å². The Morgan fingerprint density at radius 1 is 0.846 bits per heavy atom. The Morgan fingerprint density at radius 2 is 1.15 bits per heavy atom. The normalized spacial score (nSPS) is 10.3. The molecular formula is C8H18N2O2Si. The summed E-state index contributed by atoms with van der Waals surface area (Å²) < 4.78 is 10.5. The molecule has 0 aromatic heterocycles. The van der Waals surface area contributed by atoms with Gasteiger partial charge in [-0.1, -0.05) is 0 Å². The second-order valence-corrected chi connectivity index (χ2v) is 6.82. The van der Waals surface area contributed by atoms with E-state index in [1.807, 2.05) is 40.8 Å². The van der Waals surface area contributed by atoms with Gasteiger partial charge >= 0.3 is 8.56 Å². The molecule has 0 aromatic rings. The van der Waals surface area contributed by atoms with Gasteiger partial charge in [-0.3, -0.25) is 0 Å². The van der Waals surface area contributed by atoms with Gasteiger partial charge in [-0.15, -0.1) is 10.3 Å². The quantitative estimate of drug-likeness (QED) is 0.399. The van der Waals surface area contributed by atoms with Gasteiger partial charge in [0.1, 0.15) is 0 Å². The van der Waals surface area contributed by atoms with Gasteiger partial charge in [-0.05, 0) is 27.7 Å². The lowest BCUT2D eigenvalue weighted by Gasteiger charge is -2.16. The van der Waals surface area contributed by atoms with E-state index in [9.17, 15) is 0 Å². The molecule has 0 aliphatic heterocycles. The van der Waals surface area contributed by atoms with Crippen LogP contribution < -0.4 is 0 Å². The molecule has 0 bridgehead atoms. The highest BCUT2D eigenvalue weighted by Gasteiger charge is 2.29. The minimum absolute atomic E-state index is 0.876. The summed E-state index contributed by atoms with van der Waals surface area (Å²) in [5.74, 6) is 0. The molecule has 0 aliphatic rings. The molecule has 0 aromatic carbocycles. The molecule has 0 N–H and O–H groups in total. The van der Waals surface area contributed by atoms with Gasteiger partial charge in [0.05, 0.1) is 0 Å². The molecule has 5 heteroatoms. The second kappa shape index (κ2) is 5.01. The van der Waals surface area contributed by atoms with Crippen LogP contribution >= 0.6 is 0 Å². The summed E-state index contributed by atoms with van der Waals surface area (Å²) in [5, 5.41) is 7.72. The SMILES string of the molecule is CC(C)=NO[Si](C)(C)ON=C(C)C. The number of hydrogen-bond acceptors (Lipinski definition) is 4. The number of hydrogen-bond donors (Lipinski definition) is 0. The van der Waals surface area contributed by atoms with E-state index in [2.05, 4.69) is 10.3 Å². The monoisotopic (exact) mass is 202 g/mol. The van der Waals surface area contributed by atoms with Crippen LogP contribution in [0.2, 0.25) is 13.1 Å². The zero-order chi connectivity index (χ0) is 10.5. The van der Waals surface area contributed by atoms with Crippen molar-refractivity contribution in [1.29, 1.82) is 0 Å². The van der Waals surface area contributed by atoms with Crippen LogP contribution in [-0.4, -0.2) is 20.0 Å². The Morgan fingerprint density at radius 3 is 1.38 bits per heavy atom. The van der Waals surface area contributed by atoms with Crippen molar-refractivity contribution in [3.8, 4) is 0 Å². The van der Waals surface area contributed by atoms with Crippen LogP contribution in [0.5, 0.6) is 0 Å². The third-order valence-corrected chi connectivity index (χ3v) is 1.96. The van der Waals surface area contributed by atoms with E-state index in [-0.39, 0.29) is 0 Å². The van der Waals surface area contributed by atoms with Gasteiger partial charge in [0.25, 0.3) is 0 Å². The Labute approximate surface area is 80.8 Å². The number of rotatable bonds is 4. The van der Waals surface area contributed by atoms with Gasteiger partial charge in [-0.25, -0.2) is 0 Å². The van der Waals surface area contributed by atoms with Crippen molar-refractivity contribution < 1.29 is 9.05 Å². The zero-order valence-corrected chi connectivity index (χ0v) is 10.2. The molecule has 0 atom stereocenters. The lowest BCUT2D eigenvalue weighted by molar-refractivity contribution is 0.192. The Kier molecular flexibility index (Phi) is 4.69. The van der Waals surface area contributed by atoms with Crippen LogP contribution in [0.1, 0.15) is 27.7 Å². The molecule has 13 heavy (non-hydrogen) atoms. The predicted molar refractivity (Wildman–Crippen MR) is 57.2 cm³/mol. The predicted octanol–water partition coefficient (Wildman–Crippen LogP) is 2.51. The summed E-state index contributed by atoms with van der Waals surface area (Å²) in [6, 6.07) is 0. The van der Waals surface area contributed by atoms with Crippen molar-refractivity contribution in [3.63, 3.8) is 0 Å². The molecule has 0 unspecified atom stereocenters. The van der Waals surface area contributed by atoms with E-state index in [1.54, 1.807) is 0 Å². The highest BCUT2D eigenvalue weighted by atomic mass is 28.4. The summed E-state index contributed by atoms with van der Waals surface area (Å²) in [7, 11) is -2.20. The fraction of sp³-hybridized carbons (Fsp3) is 0.750. The Bertz CT molecular complexity index is 194. The zero-order valence-electron chi connectivity index (χ0n) is 9.21. The van der Waals surface area contributed by atoms with Gasteiger partial charge in [0.15, 0.2) is 0 Å². The molecule has 0 aliphatic carbocycles. The van der Waals surface area contributed by atoms with Crippen molar-refractivity contribution in [1.82, 2.24) is 0 Å². The molecule has 0 amide bonds. The van der Waals surface area contributed by atoms with Crippen molar-refractivity contribution in [2.24, 2.45) is 10.3 Å². The lowest BCUT2D eigenvalue weighted by atomic mass is 10.5. The largest absolute Gasteiger partial charge is 0.503 e. The molecular weight excluding hydrogens is 184 g/mol. The fourth-order valence-corrected chi connectivity index (χ4v) is 1.26. The Hall–Kier alpha value is -0.843. The maximum Gasteiger partial charge on any atom is 0.503 e. The number of nitrogens with zero attached hydrogens (tertiary/aromatic N) is 2.